The molecule has 5 nitrogen and oxygen atoms in total. The molecule has 0 spiro atoms. The van der Waals surface area contributed by atoms with Crippen LogP contribution in [0.2, 0.25) is 0 Å². The van der Waals surface area contributed by atoms with Gasteiger partial charge in [-0.15, -0.1) is 0 Å². The van der Waals surface area contributed by atoms with Crippen molar-refractivity contribution in [2.45, 2.75) is 44.0 Å². The van der Waals surface area contributed by atoms with Crippen molar-refractivity contribution in [2.75, 3.05) is 13.1 Å². The molecule has 0 saturated carbocycles. The summed E-state index contributed by atoms with van der Waals surface area (Å²) in [6, 6.07) is 16.1. The smallest absolute Gasteiger partial charge is 0.251 e. The summed E-state index contributed by atoms with van der Waals surface area (Å²) in [6.07, 6.45) is 2.57. The number of carbonyl (C=O) groups is 1. The molecule has 1 amide bonds. The van der Waals surface area contributed by atoms with E-state index in [1.165, 1.54) is 10.4 Å². The lowest BCUT2D eigenvalue weighted by molar-refractivity contribution is 0.0931. The number of hydrogen-bond acceptors (Lipinski definition) is 3. The van der Waals surface area contributed by atoms with Crippen LogP contribution >= 0.6 is 0 Å². The third kappa shape index (κ3) is 4.80. The molecule has 1 heterocycles. The fraction of sp³-hybridized carbons (Fsp3) is 0.409. The first kappa shape index (κ1) is 20.6. The third-order valence-electron chi connectivity index (χ3n) is 5.01. The Kier molecular flexibility index (Phi) is 6.52. The molecule has 0 aliphatic carbocycles. The zero-order valence-corrected chi connectivity index (χ0v) is 17.3. The number of hydrogen-bond donors (Lipinski definition) is 1. The van der Waals surface area contributed by atoms with Gasteiger partial charge in [0.05, 0.1) is 10.9 Å². The van der Waals surface area contributed by atoms with Crippen molar-refractivity contribution in [1.82, 2.24) is 9.62 Å². The molecule has 0 bridgehead atoms. The summed E-state index contributed by atoms with van der Waals surface area (Å²) in [7, 11) is -3.54. The van der Waals surface area contributed by atoms with Gasteiger partial charge in [-0.25, -0.2) is 8.42 Å². The molecule has 1 atom stereocenters. The SMILES string of the molecule is CC(C)CC(NC(=O)c1cccc(S(=O)(=O)N2CCCC2)c1)c1ccccc1. The van der Waals surface area contributed by atoms with Crippen LogP contribution in [0.15, 0.2) is 59.5 Å². The first-order valence-electron chi connectivity index (χ1n) is 9.84. The van der Waals surface area contributed by atoms with Crippen LogP contribution in [0.1, 0.15) is 55.1 Å². The number of rotatable bonds is 7. The number of benzene rings is 2. The second kappa shape index (κ2) is 8.88. The predicted molar refractivity (Wildman–Crippen MR) is 111 cm³/mol. The second-order valence-electron chi connectivity index (χ2n) is 7.71. The van der Waals surface area contributed by atoms with E-state index in [2.05, 4.69) is 19.2 Å². The summed E-state index contributed by atoms with van der Waals surface area (Å²) < 4.78 is 27.1. The minimum absolute atomic E-state index is 0.118. The van der Waals surface area contributed by atoms with Gasteiger partial charge in [-0.3, -0.25) is 4.79 Å². The monoisotopic (exact) mass is 400 g/mol. The molecule has 0 radical (unpaired) electrons. The van der Waals surface area contributed by atoms with Gasteiger partial charge in [-0.1, -0.05) is 50.2 Å². The first-order valence-corrected chi connectivity index (χ1v) is 11.3. The zero-order chi connectivity index (χ0) is 20.1. The van der Waals surface area contributed by atoms with Crippen LogP contribution in [0.3, 0.4) is 0 Å². The third-order valence-corrected chi connectivity index (χ3v) is 6.91. The minimum Gasteiger partial charge on any atom is -0.345 e. The molecule has 1 fully saturated rings. The first-order chi connectivity index (χ1) is 13.4. The standard InChI is InChI=1S/C22H28N2O3S/c1-17(2)15-21(18-9-4-3-5-10-18)23-22(25)19-11-8-12-20(16-19)28(26,27)24-13-6-7-14-24/h3-5,8-12,16-17,21H,6-7,13-15H2,1-2H3,(H,23,25). The van der Waals surface area contributed by atoms with Crippen LogP contribution in [-0.4, -0.2) is 31.7 Å². The van der Waals surface area contributed by atoms with Crippen molar-refractivity contribution in [3.63, 3.8) is 0 Å². The van der Waals surface area contributed by atoms with Gasteiger partial charge in [0.15, 0.2) is 0 Å². The van der Waals surface area contributed by atoms with E-state index in [1.54, 1.807) is 18.2 Å². The highest BCUT2D eigenvalue weighted by molar-refractivity contribution is 7.89. The molecular formula is C22H28N2O3S. The maximum absolute atomic E-state index is 12.9. The number of nitrogens with zero attached hydrogens (tertiary/aromatic N) is 1. The topological polar surface area (TPSA) is 66.5 Å². The molecule has 28 heavy (non-hydrogen) atoms. The van der Waals surface area contributed by atoms with E-state index in [4.69, 9.17) is 0 Å². The highest BCUT2D eigenvalue weighted by Crippen LogP contribution is 2.24. The van der Waals surface area contributed by atoms with Crippen molar-refractivity contribution in [3.8, 4) is 0 Å². The van der Waals surface area contributed by atoms with E-state index in [0.717, 1.165) is 24.8 Å². The Hall–Kier alpha value is -2.18. The van der Waals surface area contributed by atoms with Crippen LogP contribution in [0, 0.1) is 5.92 Å². The van der Waals surface area contributed by atoms with E-state index in [1.807, 2.05) is 30.3 Å². The maximum atomic E-state index is 12.9. The van der Waals surface area contributed by atoms with Crippen molar-refractivity contribution >= 4 is 15.9 Å². The Morgan fingerprint density at radius 3 is 2.36 bits per heavy atom. The van der Waals surface area contributed by atoms with Crippen molar-refractivity contribution < 1.29 is 13.2 Å². The van der Waals surface area contributed by atoms with Gasteiger partial charge in [0.25, 0.3) is 5.91 Å². The molecule has 2 aromatic rings. The Balaban J connectivity index is 1.81. The zero-order valence-electron chi connectivity index (χ0n) is 16.5. The van der Waals surface area contributed by atoms with E-state index in [-0.39, 0.29) is 16.8 Å². The number of carbonyl (C=O) groups excluding carboxylic acids is 1. The van der Waals surface area contributed by atoms with Gasteiger partial charge in [0, 0.05) is 18.7 Å². The second-order valence-corrected chi connectivity index (χ2v) is 9.64. The highest BCUT2D eigenvalue weighted by Gasteiger charge is 2.28. The van der Waals surface area contributed by atoms with Gasteiger partial charge >= 0.3 is 0 Å². The predicted octanol–water partition coefficient (Wildman–Crippen LogP) is 3.99. The summed E-state index contributed by atoms with van der Waals surface area (Å²) in [5, 5.41) is 3.08. The van der Waals surface area contributed by atoms with Crippen LogP contribution < -0.4 is 5.32 Å². The lowest BCUT2D eigenvalue weighted by Crippen LogP contribution is -2.30. The average Bonchev–Trinajstić information content (AvgIpc) is 3.23. The van der Waals surface area contributed by atoms with Crippen LogP contribution in [-0.2, 0) is 10.0 Å². The normalized spacial score (nSPS) is 16.2. The summed E-state index contributed by atoms with van der Waals surface area (Å²) in [6.45, 7) is 5.32. The van der Waals surface area contributed by atoms with Crippen molar-refractivity contribution in [1.29, 1.82) is 0 Å². The quantitative estimate of drug-likeness (QED) is 0.764. The Morgan fingerprint density at radius 1 is 1.04 bits per heavy atom. The van der Waals surface area contributed by atoms with Gasteiger partial charge in [-0.05, 0) is 48.9 Å². The van der Waals surface area contributed by atoms with Crippen molar-refractivity contribution in [2.24, 2.45) is 5.92 Å². The number of amides is 1. The molecule has 0 aromatic heterocycles. The fourth-order valence-corrected chi connectivity index (χ4v) is 5.12. The number of sulfonamides is 1. The Labute approximate surface area is 167 Å². The van der Waals surface area contributed by atoms with Gasteiger partial charge < -0.3 is 5.32 Å². The van der Waals surface area contributed by atoms with E-state index >= 15 is 0 Å². The summed E-state index contributed by atoms with van der Waals surface area (Å²) in [4.78, 5) is 13.1. The Bertz CT molecular complexity index is 904. The molecule has 2 aromatic carbocycles. The highest BCUT2D eigenvalue weighted by atomic mass is 32.2. The van der Waals surface area contributed by atoms with E-state index in [9.17, 15) is 13.2 Å². The maximum Gasteiger partial charge on any atom is 0.251 e. The Morgan fingerprint density at radius 2 is 1.71 bits per heavy atom. The molecular weight excluding hydrogens is 372 g/mol. The van der Waals surface area contributed by atoms with Gasteiger partial charge in [0.2, 0.25) is 10.0 Å². The van der Waals surface area contributed by atoms with E-state index < -0.39 is 10.0 Å². The van der Waals surface area contributed by atoms with Crippen molar-refractivity contribution in [3.05, 3.63) is 65.7 Å². The largest absolute Gasteiger partial charge is 0.345 e. The lowest BCUT2D eigenvalue weighted by Gasteiger charge is -2.21. The molecule has 6 heteroatoms. The van der Waals surface area contributed by atoms with Crippen LogP contribution in [0.5, 0.6) is 0 Å². The molecule has 1 saturated heterocycles. The average molecular weight is 401 g/mol. The van der Waals surface area contributed by atoms with E-state index in [0.29, 0.717) is 24.6 Å². The summed E-state index contributed by atoms with van der Waals surface area (Å²) in [5.41, 5.74) is 1.41. The fourth-order valence-electron chi connectivity index (χ4n) is 3.55. The van der Waals surface area contributed by atoms with Crippen LogP contribution in [0.25, 0.3) is 0 Å². The van der Waals surface area contributed by atoms with Crippen LogP contribution in [0.4, 0.5) is 0 Å². The van der Waals surface area contributed by atoms with Gasteiger partial charge in [0.1, 0.15) is 0 Å². The number of nitrogens with one attached hydrogen (secondary N) is 1. The molecule has 3 rings (SSSR count). The van der Waals surface area contributed by atoms with Gasteiger partial charge in [-0.2, -0.15) is 4.31 Å². The molecule has 1 aliphatic rings. The summed E-state index contributed by atoms with van der Waals surface area (Å²) in [5.74, 6) is 0.153. The molecule has 150 valence electrons. The minimum atomic E-state index is -3.54. The molecule has 1 aliphatic heterocycles. The molecule has 1 N–H and O–H groups in total. The lowest BCUT2D eigenvalue weighted by atomic mass is 9.96. The summed E-state index contributed by atoms with van der Waals surface area (Å²) >= 11 is 0. The molecule has 1 unspecified atom stereocenters.